The Labute approximate surface area is 149 Å². The van der Waals surface area contributed by atoms with Gasteiger partial charge >= 0.3 is 0 Å². The van der Waals surface area contributed by atoms with Crippen molar-refractivity contribution in [3.05, 3.63) is 34.3 Å². The van der Waals surface area contributed by atoms with Gasteiger partial charge < -0.3 is 5.32 Å². The lowest BCUT2D eigenvalue weighted by Gasteiger charge is -2.06. The van der Waals surface area contributed by atoms with Crippen LogP contribution in [-0.2, 0) is 14.8 Å². The van der Waals surface area contributed by atoms with Gasteiger partial charge in [0.15, 0.2) is 0 Å². The molecule has 0 radical (unpaired) electrons. The molecule has 1 heterocycles. The molecule has 2 rings (SSSR count). The number of benzene rings is 1. The van der Waals surface area contributed by atoms with Crippen LogP contribution in [0.25, 0.3) is 0 Å². The smallest absolute Gasteiger partial charge is 0.240 e. The highest BCUT2D eigenvalue weighted by atomic mass is 35.5. The lowest BCUT2D eigenvalue weighted by Crippen LogP contribution is -2.27. The molecule has 0 atom stereocenters. The third kappa shape index (κ3) is 5.23. The van der Waals surface area contributed by atoms with E-state index in [1.807, 2.05) is 13.8 Å². The molecule has 0 aliphatic heterocycles. The minimum atomic E-state index is -3.67. The monoisotopic (exact) mass is 388 g/mol. The normalized spacial score (nSPS) is 11.7. The van der Waals surface area contributed by atoms with Crippen molar-refractivity contribution in [3.8, 4) is 0 Å². The summed E-state index contributed by atoms with van der Waals surface area (Å²) in [5.74, 6) is -0.0976. The molecule has 0 unspecified atom stereocenters. The number of halogens is 1. The Morgan fingerprint density at radius 1 is 1.25 bits per heavy atom. The number of hydrogen-bond donors (Lipinski definition) is 2. The van der Waals surface area contributed by atoms with Crippen molar-refractivity contribution in [1.29, 1.82) is 0 Å². The Hall–Kier alpha value is -1.55. The van der Waals surface area contributed by atoms with E-state index in [2.05, 4.69) is 20.2 Å². The second-order valence-corrected chi connectivity index (χ2v) is 8.46. The van der Waals surface area contributed by atoms with Gasteiger partial charge in [0.25, 0.3) is 0 Å². The molecule has 2 aromatic rings. The van der Waals surface area contributed by atoms with Crippen LogP contribution < -0.4 is 10.0 Å². The number of rotatable bonds is 7. The summed E-state index contributed by atoms with van der Waals surface area (Å²) in [6.07, 6.45) is -0.0105. The van der Waals surface area contributed by atoms with Crippen LogP contribution in [0.1, 0.15) is 31.2 Å². The van der Waals surface area contributed by atoms with Crippen LogP contribution in [0.2, 0.25) is 5.02 Å². The molecule has 1 aromatic carbocycles. The van der Waals surface area contributed by atoms with E-state index >= 15 is 0 Å². The van der Waals surface area contributed by atoms with Crippen molar-refractivity contribution in [2.24, 2.45) is 0 Å². The van der Waals surface area contributed by atoms with Gasteiger partial charge in [-0.3, -0.25) is 4.79 Å². The molecule has 1 aromatic heterocycles. The van der Waals surface area contributed by atoms with Gasteiger partial charge in [0.2, 0.25) is 21.1 Å². The number of carbonyl (C=O) groups is 1. The molecule has 7 nitrogen and oxygen atoms in total. The molecule has 0 saturated carbocycles. The van der Waals surface area contributed by atoms with Crippen molar-refractivity contribution >= 4 is 44.0 Å². The predicted molar refractivity (Wildman–Crippen MR) is 93.9 cm³/mol. The van der Waals surface area contributed by atoms with E-state index < -0.39 is 10.0 Å². The van der Waals surface area contributed by atoms with E-state index in [0.717, 1.165) is 5.01 Å². The predicted octanol–water partition coefficient (Wildman–Crippen LogP) is 2.62. The maximum absolute atomic E-state index is 12.1. The van der Waals surface area contributed by atoms with Gasteiger partial charge in [-0.15, -0.1) is 10.2 Å². The molecule has 1 amide bonds. The zero-order valence-electron chi connectivity index (χ0n) is 13.1. The number of carbonyl (C=O) groups excluding carboxylic acids is 1. The van der Waals surface area contributed by atoms with Gasteiger partial charge in [-0.25, -0.2) is 13.1 Å². The van der Waals surface area contributed by atoms with Gasteiger partial charge in [0.1, 0.15) is 5.01 Å². The Morgan fingerprint density at radius 2 is 1.92 bits per heavy atom. The highest BCUT2D eigenvalue weighted by Gasteiger charge is 2.15. The van der Waals surface area contributed by atoms with Crippen LogP contribution >= 0.6 is 22.9 Å². The van der Waals surface area contributed by atoms with E-state index in [4.69, 9.17) is 11.6 Å². The lowest BCUT2D eigenvalue weighted by atomic mass is 10.2. The van der Waals surface area contributed by atoms with Gasteiger partial charge in [0, 0.05) is 23.9 Å². The number of aromatic nitrogens is 2. The minimum Gasteiger partial charge on any atom is -0.300 e. The summed E-state index contributed by atoms with van der Waals surface area (Å²) in [6.45, 7) is 3.95. The third-order valence-electron chi connectivity index (χ3n) is 2.95. The number of nitrogens with one attached hydrogen (secondary N) is 2. The lowest BCUT2D eigenvalue weighted by molar-refractivity contribution is -0.116. The van der Waals surface area contributed by atoms with Crippen LogP contribution in [0.3, 0.4) is 0 Å². The van der Waals surface area contributed by atoms with E-state index in [9.17, 15) is 13.2 Å². The van der Waals surface area contributed by atoms with E-state index in [-0.39, 0.29) is 29.7 Å². The third-order valence-corrected chi connectivity index (χ3v) is 5.82. The van der Waals surface area contributed by atoms with Gasteiger partial charge in [-0.2, -0.15) is 0 Å². The average molecular weight is 389 g/mol. The van der Waals surface area contributed by atoms with Crippen LogP contribution in [0.15, 0.2) is 29.2 Å². The standard InChI is InChI=1S/C14H17ClN4O3S2/c1-9(2)13-18-19-14(23-13)17-12(20)7-8-16-24(21,22)11-5-3-10(15)4-6-11/h3-6,9,16H,7-8H2,1-2H3,(H,17,19,20). The number of nitrogens with zero attached hydrogens (tertiary/aromatic N) is 2. The average Bonchev–Trinajstić information content (AvgIpc) is 2.96. The molecule has 0 fully saturated rings. The topological polar surface area (TPSA) is 101 Å². The molecule has 0 spiro atoms. The number of hydrogen-bond acceptors (Lipinski definition) is 6. The molecule has 0 aliphatic rings. The molecule has 2 N–H and O–H groups in total. The first-order valence-electron chi connectivity index (χ1n) is 7.16. The summed E-state index contributed by atoms with van der Waals surface area (Å²) < 4.78 is 26.5. The molecular weight excluding hydrogens is 372 g/mol. The summed E-state index contributed by atoms with van der Waals surface area (Å²) in [5, 5.41) is 12.1. The molecule has 0 bridgehead atoms. The fourth-order valence-electron chi connectivity index (χ4n) is 1.70. The summed E-state index contributed by atoms with van der Waals surface area (Å²) in [7, 11) is -3.67. The summed E-state index contributed by atoms with van der Waals surface area (Å²) in [4.78, 5) is 11.9. The largest absolute Gasteiger partial charge is 0.300 e. The quantitative estimate of drug-likeness (QED) is 0.759. The number of sulfonamides is 1. The number of anilines is 1. The van der Waals surface area contributed by atoms with Crippen molar-refractivity contribution in [1.82, 2.24) is 14.9 Å². The summed E-state index contributed by atoms with van der Waals surface area (Å²) in [6, 6.07) is 5.79. The molecule has 10 heteroatoms. The fourth-order valence-corrected chi connectivity index (χ4v) is 3.62. The fraction of sp³-hybridized carbons (Fsp3) is 0.357. The minimum absolute atomic E-state index is 0.0105. The van der Waals surface area contributed by atoms with E-state index in [1.54, 1.807) is 0 Å². The van der Waals surface area contributed by atoms with Gasteiger partial charge in [0.05, 0.1) is 4.90 Å². The van der Waals surface area contributed by atoms with Crippen LogP contribution in [0, 0.1) is 0 Å². The zero-order valence-corrected chi connectivity index (χ0v) is 15.5. The first kappa shape index (κ1) is 18.8. The Bertz CT molecular complexity index is 804. The van der Waals surface area contributed by atoms with Crippen LogP contribution in [0.4, 0.5) is 5.13 Å². The van der Waals surface area contributed by atoms with Gasteiger partial charge in [-0.1, -0.05) is 36.8 Å². The maximum Gasteiger partial charge on any atom is 0.240 e. The van der Waals surface area contributed by atoms with Crippen LogP contribution in [-0.4, -0.2) is 31.1 Å². The molecular formula is C14H17ClN4O3S2. The van der Waals surface area contributed by atoms with Crippen molar-refractivity contribution in [2.45, 2.75) is 31.1 Å². The van der Waals surface area contributed by atoms with E-state index in [1.165, 1.54) is 35.6 Å². The Kier molecular flexibility index (Phi) is 6.27. The highest BCUT2D eigenvalue weighted by Crippen LogP contribution is 2.22. The molecule has 130 valence electrons. The maximum atomic E-state index is 12.1. The highest BCUT2D eigenvalue weighted by molar-refractivity contribution is 7.89. The molecule has 24 heavy (non-hydrogen) atoms. The van der Waals surface area contributed by atoms with Crippen molar-refractivity contribution in [2.75, 3.05) is 11.9 Å². The second kappa shape index (κ2) is 8.02. The van der Waals surface area contributed by atoms with E-state index in [0.29, 0.717) is 10.2 Å². The Balaban J connectivity index is 1.84. The molecule has 0 aliphatic carbocycles. The summed E-state index contributed by atoms with van der Waals surface area (Å²) >= 11 is 7.03. The van der Waals surface area contributed by atoms with Gasteiger partial charge in [-0.05, 0) is 24.3 Å². The second-order valence-electron chi connectivity index (χ2n) is 5.25. The first-order valence-corrected chi connectivity index (χ1v) is 9.84. The first-order chi connectivity index (χ1) is 11.3. The zero-order chi connectivity index (χ0) is 17.7. The van der Waals surface area contributed by atoms with Crippen molar-refractivity contribution < 1.29 is 13.2 Å². The molecule has 0 saturated heterocycles. The summed E-state index contributed by atoms with van der Waals surface area (Å²) in [5.41, 5.74) is 0. The number of amides is 1. The van der Waals surface area contributed by atoms with Crippen molar-refractivity contribution in [3.63, 3.8) is 0 Å². The van der Waals surface area contributed by atoms with Crippen LogP contribution in [0.5, 0.6) is 0 Å². The Morgan fingerprint density at radius 3 is 2.50 bits per heavy atom. The SMILES string of the molecule is CC(C)c1nnc(NC(=O)CCNS(=O)(=O)c2ccc(Cl)cc2)s1.